The highest BCUT2D eigenvalue weighted by atomic mass is 16.5. The van der Waals surface area contributed by atoms with Crippen molar-refractivity contribution < 1.29 is 9.47 Å². The molecule has 1 atom stereocenters. The van der Waals surface area contributed by atoms with Crippen LogP contribution in [0.2, 0.25) is 0 Å². The zero-order valence-electron chi connectivity index (χ0n) is 13.1. The van der Waals surface area contributed by atoms with Gasteiger partial charge in [0.15, 0.2) is 5.75 Å². The predicted octanol–water partition coefficient (Wildman–Crippen LogP) is 2.52. The van der Waals surface area contributed by atoms with Crippen LogP contribution in [0.4, 0.5) is 0 Å². The van der Waals surface area contributed by atoms with Crippen molar-refractivity contribution >= 4 is 0 Å². The van der Waals surface area contributed by atoms with Crippen molar-refractivity contribution in [1.29, 1.82) is 0 Å². The number of ether oxygens (including phenoxy) is 2. The molecule has 2 rings (SSSR count). The Morgan fingerprint density at radius 2 is 2.05 bits per heavy atom. The minimum absolute atomic E-state index is 0.102. The lowest BCUT2D eigenvalue weighted by atomic mass is 9.77. The minimum Gasteiger partial charge on any atom is -0.493 e. The average molecular weight is 281 g/mol. The summed E-state index contributed by atoms with van der Waals surface area (Å²) in [7, 11) is 5.52. The molecule has 1 aromatic heterocycles. The van der Waals surface area contributed by atoms with E-state index in [0.717, 1.165) is 30.8 Å². The van der Waals surface area contributed by atoms with E-state index in [1.54, 1.807) is 13.3 Å². The normalized spacial score (nSPS) is 19.8. The topological polar surface area (TPSA) is 48.3 Å². The third kappa shape index (κ3) is 2.56. The molecular weight excluding hydrogens is 254 g/mol. The molecule has 0 aliphatic heterocycles. The highest BCUT2D eigenvalue weighted by molar-refractivity contribution is 5.31. The standard InChI is InChI=1S/C15H27N3O2/c1-5-18-13(12(19-3)11-17-18)14(16-2)15(20-4)9-7-6-8-10-15/h11,14,16H,5-10H2,1-4H3. The molecule has 1 N–H and O–H groups in total. The molecule has 0 radical (unpaired) electrons. The molecule has 114 valence electrons. The number of likely N-dealkylation sites (N-methyl/N-ethyl adjacent to an activating group) is 1. The maximum absolute atomic E-state index is 6.00. The van der Waals surface area contributed by atoms with Gasteiger partial charge in [-0.25, -0.2) is 0 Å². The number of aromatic nitrogens is 2. The lowest BCUT2D eigenvalue weighted by molar-refractivity contribution is -0.0694. The number of nitrogens with zero attached hydrogens (tertiary/aromatic N) is 2. The molecule has 0 saturated heterocycles. The molecule has 1 aromatic rings. The van der Waals surface area contributed by atoms with Crippen molar-refractivity contribution in [2.24, 2.45) is 0 Å². The average Bonchev–Trinajstić information content (AvgIpc) is 2.91. The zero-order valence-corrected chi connectivity index (χ0v) is 13.1. The second-order valence-electron chi connectivity index (χ2n) is 5.47. The molecule has 0 aromatic carbocycles. The Bertz CT molecular complexity index is 403. The fourth-order valence-corrected chi connectivity index (χ4v) is 3.49. The van der Waals surface area contributed by atoms with Crippen LogP contribution in [-0.4, -0.2) is 36.6 Å². The summed E-state index contributed by atoms with van der Waals surface area (Å²) in [4.78, 5) is 0. The molecule has 0 spiro atoms. The van der Waals surface area contributed by atoms with Crippen LogP contribution in [-0.2, 0) is 11.3 Å². The van der Waals surface area contributed by atoms with E-state index in [1.807, 2.05) is 18.8 Å². The highest BCUT2D eigenvalue weighted by Gasteiger charge is 2.43. The van der Waals surface area contributed by atoms with Crippen molar-refractivity contribution in [2.45, 2.75) is 57.2 Å². The van der Waals surface area contributed by atoms with Gasteiger partial charge in [-0.1, -0.05) is 19.3 Å². The van der Waals surface area contributed by atoms with Crippen LogP contribution in [0.1, 0.15) is 50.8 Å². The number of methoxy groups -OCH3 is 2. The van der Waals surface area contributed by atoms with E-state index in [1.165, 1.54) is 19.3 Å². The van der Waals surface area contributed by atoms with Crippen LogP contribution >= 0.6 is 0 Å². The Kier molecular flexibility index (Phi) is 5.05. The molecule has 5 heteroatoms. The summed E-state index contributed by atoms with van der Waals surface area (Å²) in [5.74, 6) is 0.841. The molecule has 1 aliphatic carbocycles. The highest BCUT2D eigenvalue weighted by Crippen LogP contribution is 2.43. The summed E-state index contributed by atoms with van der Waals surface area (Å²) < 4.78 is 13.5. The largest absolute Gasteiger partial charge is 0.493 e. The van der Waals surface area contributed by atoms with Gasteiger partial charge in [-0.15, -0.1) is 0 Å². The van der Waals surface area contributed by atoms with Gasteiger partial charge in [0, 0.05) is 13.7 Å². The van der Waals surface area contributed by atoms with Gasteiger partial charge in [0.1, 0.15) is 5.69 Å². The van der Waals surface area contributed by atoms with Gasteiger partial charge in [0.05, 0.1) is 24.9 Å². The SMILES string of the molecule is CCn1ncc(OC)c1C(NC)C1(OC)CCCCC1. The van der Waals surface area contributed by atoms with Crippen molar-refractivity contribution in [3.63, 3.8) is 0 Å². The first kappa shape index (κ1) is 15.3. The molecule has 0 bridgehead atoms. The molecule has 1 saturated carbocycles. The van der Waals surface area contributed by atoms with Crippen LogP contribution in [0.15, 0.2) is 6.20 Å². The quantitative estimate of drug-likeness (QED) is 0.870. The summed E-state index contributed by atoms with van der Waals surface area (Å²) in [5, 5.41) is 7.88. The smallest absolute Gasteiger partial charge is 0.161 e. The van der Waals surface area contributed by atoms with E-state index in [4.69, 9.17) is 9.47 Å². The molecule has 5 nitrogen and oxygen atoms in total. The summed E-state index contributed by atoms with van der Waals surface area (Å²) in [6.07, 6.45) is 7.68. The van der Waals surface area contributed by atoms with Crippen LogP contribution in [0, 0.1) is 0 Å². The van der Waals surface area contributed by atoms with E-state index >= 15 is 0 Å². The Labute approximate surface area is 121 Å². The maximum atomic E-state index is 6.00. The third-order valence-electron chi connectivity index (χ3n) is 4.56. The summed E-state index contributed by atoms with van der Waals surface area (Å²) in [6.45, 7) is 2.93. The van der Waals surface area contributed by atoms with Crippen LogP contribution in [0.3, 0.4) is 0 Å². The zero-order chi connectivity index (χ0) is 14.6. The number of rotatable bonds is 6. The Morgan fingerprint density at radius 3 is 2.55 bits per heavy atom. The lowest BCUT2D eigenvalue weighted by Crippen LogP contribution is -2.47. The second kappa shape index (κ2) is 6.59. The van der Waals surface area contributed by atoms with Gasteiger partial charge in [0.2, 0.25) is 0 Å². The fourth-order valence-electron chi connectivity index (χ4n) is 3.49. The minimum atomic E-state index is -0.159. The van der Waals surface area contributed by atoms with Gasteiger partial charge in [-0.05, 0) is 26.8 Å². The number of hydrogen-bond acceptors (Lipinski definition) is 4. The monoisotopic (exact) mass is 281 g/mol. The van der Waals surface area contributed by atoms with Crippen molar-refractivity contribution in [3.05, 3.63) is 11.9 Å². The van der Waals surface area contributed by atoms with E-state index in [0.29, 0.717) is 0 Å². The molecule has 0 amide bonds. The molecule has 1 fully saturated rings. The Morgan fingerprint density at radius 1 is 1.35 bits per heavy atom. The first-order chi connectivity index (χ1) is 9.72. The van der Waals surface area contributed by atoms with Crippen LogP contribution < -0.4 is 10.1 Å². The van der Waals surface area contributed by atoms with Crippen molar-refractivity contribution in [3.8, 4) is 5.75 Å². The second-order valence-corrected chi connectivity index (χ2v) is 5.47. The Hall–Kier alpha value is -1.07. The fraction of sp³-hybridized carbons (Fsp3) is 0.800. The van der Waals surface area contributed by atoms with Gasteiger partial charge in [-0.2, -0.15) is 5.10 Å². The van der Waals surface area contributed by atoms with Crippen molar-refractivity contribution in [1.82, 2.24) is 15.1 Å². The Balaban J connectivity index is 2.42. The van der Waals surface area contributed by atoms with E-state index in [-0.39, 0.29) is 11.6 Å². The maximum Gasteiger partial charge on any atom is 0.161 e. The number of hydrogen-bond donors (Lipinski definition) is 1. The van der Waals surface area contributed by atoms with Crippen molar-refractivity contribution in [2.75, 3.05) is 21.3 Å². The molecular formula is C15H27N3O2. The number of aryl methyl sites for hydroxylation is 1. The van der Waals surface area contributed by atoms with Crippen LogP contribution in [0.5, 0.6) is 5.75 Å². The lowest BCUT2D eigenvalue weighted by Gasteiger charge is -2.42. The summed E-state index contributed by atoms with van der Waals surface area (Å²) in [5.41, 5.74) is 0.939. The van der Waals surface area contributed by atoms with Gasteiger partial charge >= 0.3 is 0 Å². The van der Waals surface area contributed by atoms with E-state index in [2.05, 4.69) is 17.3 Å². The first-order valence-electron chi connectivity index (χ1n) is 7.54. The van der Waals surface area contributed by atoms with Gasteiger partial charge in [0.25, 0.3) is 0 Å². The predicted molar refractivity (Wildman–Crippen MR) is 79.1 cm³/mol. The van der Waals surface area contributed by atoms with Gasteiger partial charge in [-0.3, -0.25) is 4.68 Å². The molecule has 1 aliphatic rings. The first-order valence-corrected chi connectivity index (χ1v) is 7.54. The van der Waals surface area contributed by atoms with E-state index in [9.17, 15) is 0 Å². The molecule has 1 unspecified atom stereocenters. The number of nitrogens with one attached hydrogen (secondary N) is 1. The van der Waals surface area contributed by atoms with E-state index < -0.39 is 0 Å². The summed E-state index contributed by atoms with van der Waals surface area (Å²) in [6, 6.07) is 0.102. The molecule has 20 heavy (non-hydrogen) atoms. The summed E-state index contributed by atoms with van der Waals surface area (Å²) >= 11 is 0. The molecule has 1 heterocycles. The third-order valence-corrected chi connectivity index (χ3v) is 4.56. The van der Waals surface area contributed by atoms with Gasteiger partial charge < -0.3 is 14.8 Å². The van der Waals surface area contributed by atoms with Crippen LogP contribution in [0.25, 0.3) is 0 Å².